The van der Waals surface area contributed by atoms with Gasteiger partial charge in [-0.05, 0) is 30.0 Å². The second kappa shape index (κ2) is 9.28. The van der Waals surface area contributed by atoms with Gasteiger partial charge in [-0.2, -0.15) is 18.4 Å². The highest BCUT2D eigenvalue weighted by molar-refractivity contribution is 5.82. The Bertz CT molecular complexity index is 595. The number of methoxy groups -OCH3 is 1. The molecule has 1 aromatic rings. The average Bonchev–Trinajstić information content (AvgIpc) is 2.55. The third-order valence-corrected chi connectivity index (χ3v) is 3.51. The summed E-state index contributed by atoms with van der Waals surface area (Å²) in [7, 11) is 1.42. The molecule has 0 aliphatic rings. The molecular weight excluding hydrogens is 335 g/mol. The molecule has 0 fully saturated rings. The largest absolute Gasteiger partial charge is 0.497 e. The van der Waals surface area contributed by atoms with Crippen LogP contribution in [0.4, 0.5) is 13.2 Å². The number of alkyl halides is 3. The van der Waals surface area contributed by atoms with Crippen molar-refractivity contribution in [1.29, 1.82) is 5.26 Å². The Labute approximate surface area is 145 Å². The number of carbonyl (C=O) groups excluding carboxylic acids is 1. The number of ether oxygens (including phenoxy) is 1. The lowest BCUT2D eigenvalue weighted by atomic mass is 9.99. The molecular formula is C17H22F3N3O2. The van der Waals surface area contributed by atoms with E-state index >= 15 is 0 Å². The van der Waals surface area contributed by atoms with Crippen LogP contribution in [0.25, 0.3) is 0 Å². The SMILES string of the molecule is COc1ccc([C@H](N[C@@H](CC(C)C)C(=O)NCC#N)C(F)(F)F)cc1. The molecule has 0 spiro atoms. The second-order valence-electron chi connectivity index (χ2n) is 5.97. The number of amides is 1. The van der Waals surface area contributed by atoms with Gasteiger partial charge in [0.25, 0.3) is 0 Å². The summed E-state index contributed by atoms with van der Waals surface area (Å²) in [5, 5.41) is 13.3. The van der Waals surface area contributed by atoms with Gasteiger partial charge in [-0.15, -0.1) is 0 Å². The van der Waals surface area contributed by atoms with Gasteiger partial charge < -0.3 is 10.1 Å². The van der Waals surface area contributed by atoms with Crippen LogP contribution in [0.3, 0.4) is 0 Å². The second-order valence-corrected chi connectivity index (χ2v) is 5.97. The molecule has 0 aliphatic heterocycles. The van der Waals surface area contributed by atoms with E-state index < -0.39 is 24.2 Å². The molecule has 5 nitrogen and oxygen atoms in total. The van der Waals surface area contributed by atoms with Crippen molar-refractivity contribution >= 4 is 5.91 Å². The average molecular weight is 357 g/mol. The van der Waals surface area contributed by atoms with Gasteiger partial charge in [0.1, 0.15) is 18.3 Å². The Morgan fingerprint density at radius 2 is 1.88 bits per heavy atom. The van der Waals surface area contributed by atoms with E-state index in [1.807, 2.05) is 13.8 Å². The van der Waals surface area contributed by atoms with Gasteiger partial charge >= 0.3 is 6.18 Å². The molecule has 0 radical (unpaired) electrons. The van der Waals surface area contributed by atoms with Crippen LogP contribution in [0.2, 0.25) is 0 Å². The lowest BCUT2D eigenvalue weighted by Crippen LogP contribution is -2.49. The van der Waals surface area contributed by atoms with Crippen molar-refractivity contribution in [3.63, 3.8) is 0 Å². The molecule has 1 aromatic carbocycles. The maximum absolute atomic E-state index is 13.5. The third kappa shape index (κ3) is 6.63. The molecule has 0 aromatic heterocycles. The summed E-state index contributed by atoms with van der Waals surface area (Å²) in [6, 6.07) is 4.15. The first-order valence-electron chi connectivity index (χ1n) is 7.80. The van der Waals surface area contributed by atoms with Crippen LogP contribution in [-0.2, 0) is 4.79 Å². The molecule has 25 heavy (non-hydrogen) atoms. The molecule has 138 valence electrons. The van der Waals surface area contributed by atoms with Gasteiger partial charge in [-0.1, -0.05) is 26.0 Å². The molecule has 0 unspecified atom stereocenters. The minimum atomic E-state index is -4.58. The zero-order valence-electron chi connectivity index (χ0n) is 14.4. The number of halogens is 3. The fraction of sp³-hybridized carbons (Fsp3) is 0.529. The van der Waals surface area contributed by atoms with E-state index in [-0.39, 0.29) is 24.4 Å². The van der Waals surface area contributed by atoms with Crippen LogP contribution in [0.15, 0.2) is 24.3 Å². The quantitative estimate of drug-likeness (QED) is 0.702. The summed E-state index contributed by atoms with van der Waals surface area (Å²) in [5.74, 6) is -0.191. The van der Waals surface area contributed by atoms with Crippen LogP contribution in [0, 0.1) is 17.2 Å². The van der Waals surface area contributed by atoms with E-state index in [4.69, 9.17) is 10.00 Å². The van der Waals surface area contributed by atoms with E-state index in [0.717, 1.165) is 0 Å². The van der Waals surface area contributed by atoms with E-state index in [0.29, 0.717) is 5.75 Å². The Balaban J connectivity index is 3.06. The number of hydrogen-bond acceptors (Lipinski definition) is 4. The van der Waals surface area contributed by atoms with Gasteiger partial charge in [0.2, 0.25) is 5.91 Å². The molecule has 0 bridgehead atoms. The fourth-order valence-corrected chi connectivity index (χ4v) is 2.35. The van der Waals surface area contributed by atoms with Crippen molar-refractivity contribution in [2.24, 2.45) is 5.92 Å². The summed E-state index contributed by atoms with van der Waals surface area (Å²) in [4.78, 5) is 12.1. The molecule has 2 N–H and O–H groups in total. The standard InChI is InChI=1S/C17H22F3N3O2/c1-11(2)10-14(16(24)22-9-8-21)23-15(17(18,19)20)12-4-6-13(25-3)7-5-12/h4-7,11,14-15,23H,9-10H2,1-3H3,(H,22,24)/t14-,15-/m0/s1. The summed E-state index contributed by atoms with van der Waals surface area (Å²) in [5.41, 5.74) is -0.0184. The van der Waals surface area contributed by atoms with Crippen LogP contribution in [0.5, 0.6) is 5.75 Å². The monoisotopic (exact) mass is 357 g/mol. The highest BCUT2D eigenvalue weighted by atomic mass is 19.4. The first-order valence-corrected chi connectivity index (χ1v) is 7.80. The summed E-state index contributed by atoms with van der Waals surface area (Å²) in [6.45, 7) is 3.36. The van der Waals surface area contributed by atoms with Crippen molar-refractivity contribution in [2.45, 2.75) is 38.5 Å². The van der Waals surface area contributed by atoms with Gasteiger partial charge in [0.05, 0.1) is 19.2 Å². The predicted octanol–water partition coefficient (Wildman–Crippen LogP) is 2.94. The first-order chi connectivity index (χ1) is 11.7. The van der Waals surface area contributed by atoms with E-state index in [2.05, 4.69) is 10.6 Å². The molecule has 0 aliphatic carbocycles. The lowest BCUT2D eigenvalue weighted by molar-refractivity contribution is -0.161. The summed E-state index contributed by atoms with van der Waals surface area (Å²) < 4.78 is 45.5. The zero-order valence-corrected chi connectivity index (χ0v) is 14.4. The maximum atomic E-state index is 13.5. The van der Waals surface area contributed by atoms with Crippen LogP contribution >= 0.6 is 0 Å². The van der Waals surface area contributed by atoms with Gasteiger partial charge in [0.15, 0.2) is 0 Å². The van der Waals surface area contributed by atoms with Gasteiger partial charge in [-0.3, -0.25) is 10.1 Å². The van der Waals surface area contributed by atoms with Gasteiger partial charge in [0, 0.05) is 0 Å². The minimum Gasteiger partial charge on any atom is -0.497 e. The van der Waals surface area contributed by atoms with Crippen LogP contribution in [-0.4, -0.2) is 31.8 Å². The smallest absolute Gasteiger partial charge is 0.407 e. The number of benzene rings is 1. The van der Waals surface area contributed by atoms with Crippen molar-refractivity contribution in [1.82, 2.24) is 10.6 Å². The first kappa shape index (κ1) is 20.8. The number of nitrogens with one attached hydrogen (secondary N) is 2. The molecule has 1 amide bonds. The topological polar surface area (TPSA) is 74.2 Å². The van der Waals surface area contributed by atoms with Crippen LogP contribution in [0.1, 0.15) is 31.9 Å². The Morgan fingerprint density at radius 3 is 2.32 bits per heavy atom. The number of hydrogen-bond donors (Lipinski definition) is 2. The molecule has 0 heterocycles. The molecule has 0 saturated heterocycles. The highest BCUT2D eigenvalue weighted by Gasteiger charge is 2.42. The fourth-order valence-electron chi connectivity index (χ4n) is 2.35. The van der Waals surface area contributed by atoms with Crippen molar-refractivity contribution in [3.05, 3.63) is 29.8 Å². The zero-order chi connectivity index (χ0) is 19.0. The van der Waals surface area contributed by atoms with E-state index in [9.17, 15) is 18.0 Å². The molecule has 1 rings (SSSR count). The number of nitrogens with zero attached hydrogens (tertiary/aromatic N) is 1. The number of carbonyl (C=O) groups is 1. The lowest BCUT2D eigenvalue weighted by Gasteiger charge is -2.28. The Hall–Kier alpha value is -2.27. The normalized spacial score (nSPS) is 13.8. The van der Waals surface area contributed by atoms with Crippen molar-refractivity contribution in [3.8, 4) is 11.8 Å². The molecule has 0 saturated carbocycles. The van der Waals surface area contributed by atoms with Crippen LogP contribution < -0.4 is 15.4 Å². The number of nitriles is 1. The predicted molar refractivity (Wildman–Crippen MR) is 86.8 cm³/mol. The van der Waals surface area contributed by atoms with Crippen molar-refractivity contribution < 1.29 is 22.7 Å². The molecule has 8 heteroatoms. The van der Waals surface area contributed by atoms with Gasteiger partial charge in [-0.25, -0.2) is 0 Å². The summed E-state index contributed by atoms with van der Waals surface area (Å²) in [6.07, 6.45) is -4.38. The highest BCUT2D eigenvalue weighted by Crippen LogP contribution is 2.34. The Morgan fingerprint density at radius 1 is 1.28 bits per heavy atom. The Kier molecular flexibility index (Phi) is 7.71. The summed E-state index contributed by atoms with van der Waals surface area (Å²) >= 11 is 0. The molecule has 2 atom stereocenters. The number of rotatable bonds is 8. The van der Waals surface area contributed by atoms with E-state index in [1.54, 1.807) is 6.07 Å². The van der Waals surface area contributed by atoms with Crippen molar-refractivity contribution in [2.75, 3.05) is 13.7 Å². The maximum Gasteiger partial charge on any atom is 0.407 e. The van der Waals surface area contributed by atoms with E-state index in [1.165, 1.54) is 31.4 Å². The third-order valence-electron chi connectivity index (χ3n) is 3.51. The minimum absolute atomic E-state index is 0.00455.